The van der Waals surface area contributed by atoms with Gasteiger partial charge in [0.05, 0.1) is 0 Å². The molecule has 0 N–H and O–H groups in total. The molecule has 0 saturated carbocycles. The van der Waals surface area contributed by atoms with Crippen LogP contribution in [0, 0.1) is 12.9 Å². The fourth-order valence-electron chi connectivity index (χ4n) is 0.526. The van der Waals surface area contributed by atoms with Gasteiger partial charge in [0.15, 0.2) is 0 Å². The van der Waals surface area contributed by atoms with Gasteiger partial charge in [-0.25, -0.2) is 0 Å². The third-order valence-corrected chi connectivity index (χ3v) is 2.47. The van der Waals surface area contributed by atoms with Crippen molar-refractivity contribution >= 4 is 0 Å². The standard InChI is InChI=1S/C7H5IN/c9-6-8-7-4-2-1-3-5-7/h1-5H/q+1. The molecule has 2 heteroatoms. The molecule has 0 atom stereocenters. The maximum Gasteiger partial charge on any atom is 0.449 e. The fourth-order valence-corrected chi connectivity index (χ4v) is 1.58. The minimum atomic E-state index is -0.365. The monoisotopic (exact) mass is 230 g/mol. The summed E-state index contributed by atoms with van der Waals surface area (Å²) in [5.41, 5.74) is 0. The number of hydrogen-bond acceptors (Lipinski definition) is 1. The summed E-state index contributed by atoms with van der Waals surface area (Å²) in [6.45, 7) is 0. The number of nitrogens with zero attached hydrogens (tertiary/aromatic N) is 1. The lowest BCUT2D eigenvalue weighted by Gasteiger charge is -1.74. The van der Waals surface area contributed by atoms with E-state index in [2.05, 4.69) is 4.08 Å². The number of benzene rings is 1. The van der Waals surface area contributed by atoms with Crippen molar-refractivity contribution in [1.82, 2.24) is 0 Å². The van der Waals surface area contributed by atoms with Crippen molar-refractivity contribution in [3.63, 3.8) is 0 Å². The summed E-state index contributed by atoms with van der Waals surface area (Å²) < 4.78 is 3.39. The van der Waals surface area contributed by atoms with Crippen LogP contribution < -0.4 is 21.2 Å². The van der Waals surface area contributed by atoms with E-state index < -0.39 is 0 Å². The first-order chi connectivity index (χ1) is 4.43. The highest BCUT2D eigenvalue weighted by atomic mass is 127. The van der Waals surface area contributed by atoms with Gasteiger partial charge < -0.3 is 0 Å². The van der Waals surface area contributed by atoms with Crippen LogP contribution in [0.15, 0.2) is 30.3 Å². The van der Waals surface area contributed by atoms with Gasteiger partial charge in [0.2, 0.25) is 3.57 Å². The van der Waals surface area contributed by atoms with Gasteiger partial charge >= 0.3 is 25.3 Å². The minimum Gasteiger partial charge on any atom is -0.139 e. The lowest BCUT2D eigenvalue weighted by atomic mass is 10.4. The van der Waals surface area contributed by atoms with Crippen LogP contribution in [0.25, 0.3) is 0 Å². The van der Waals surface area contributed by atoms with Crippen LogP contribution in [-0.4, -0.2) is 0 Å². The van der Waals surface area contributed by atoms with E-state index in [1.807, 2.05) is 30.3 Å². The molecule has 0 aliphatic heterocycles. The predicted molar refractivity (Wildman–Crippen MR) is 30.8 cm³/mol. The van der Waals surface area contributed by atoms with Crippen LogP contribution in [0.5, 0.6) is 0 Å². The largest absolute Gasteiger partial charge is 0.449 e. The molecule has 0 unspecified atom stereocenters. The SMILES string of the molecule is N#C[I+]c1ccccc1. The van der Waals surface area contributed by atoms with E-state index in [4.69, 9.17) is 5.26 Å². The second-order valence-electron chi connectivity index (χ2n) is 1.47. The Hall–Kier alpha value is -0.560. The summed E-state index contributed by atoms with van der Waals surface area (Å²) in [6, 6.07) is 9.89. The first-order valence-electron chi connectivity index (χ1n) is 2.51. The van der Waals surface area contributed by atoms with Crippen molar-refractivity contribution in [3.05, 3.63) is 33.9 Å². The molecular formula is C7H5IN+. The molecule has 1 aromatic carbocycles. The molecule has 1 aromatic rings. The molecule has 0 amide bonds. The molecule has 0 aromatic heterocycles. The van der Waals surface area contributed by atoms with Gasteiger partial charge in [-0.2, -0.15) is 0 Å². The molecule has 1 rings (SSSR count). The molecule has 9 heavy (non-hydrogen) atoms. The minimum absolute atomic E-state index is 0.365. The molecule has 44 valence electrons. The number of halogens is 1. The van der Waals surface area contributed by atoms with Crippen LogP contribution in [0.2, 0.25) is 0 Å². The second-order valence-corrected chi connectivity index (χ2v) is 3.74. The van der Waals surface area contributed by atoms with Crippen molar-refractivity contribution in [3.8, 4) is 4.08 Å². The van der Waals surface area contributed by atoms with Crippen molar-refractivity contribution < 1.29 is 21.2 Å². The van der Waals surface area contributed by atoms with E-state index in [9.17, 15) is 0 Å². The van der Waals surface area contributed by atoms with Gasteiger partial charge in [0, 0.05) is 0 Å². The molecule has 1 nitrogen and oxygen atoms in total. The Balaban J connectivity index is 2.76. The van der Waals surface area contributed by atoms with Crippen LogP contribution in [-0.2, 0) is 0 Å². The third kappa shape index (κ3) is 2.02. The van der Waals surface area contributed by atoms with Gasteiger partial charge in [0.1, 0.15) is 0 Å². The number of nitriles is 1. The van der Waals surface area contributed by atoms with Crippen LogP contribution in [0.4, 0.5) is 0 Å². The second kappa shape index (κ2) is 3.46. The Labute approximate surface area is 64.6 Å². The number of rotatable bonds is 1. The first kappa shape index (κ1) is 6.56. The van der Waals surface area contributed by atoms with E-state index in [-0.39, 0.29) is 21.2 Å². The molecule has 0 aliphatic rings. The quantitative estimate of drug-likeness (QED) is 0.534. The maximum atomic E-state index is 8.32. The summed E-state index contributed by atoms with van der Waals surface area (Å²) in [5.74, 6) is 0. The summed E-state index contributed by atoms with van der Waals surface area (Å²) >= 11 is -0.365. The van der Waals surface area contributed by atoms with Gasteiger partial charge in [-0.3, -0.25) is 0 Å². The van der Waals surface area contributed by atoms with Gasteiger partial charge in [-0.05, 0) is 12.1 Å². The van der Waals surface area contributed by atoms with Crippen molar-refractivity contribution in [2.75, 3.05) is 0 Å². The summed E-state index contributed by atoms with van der Waals surface area (Å²) in [4.78, 5) is 0. The topological polar surface area (TPSA) is 23.8 Å². The molecule has 0 spiro atoms. The van der Waals surface area contributed by atoms with Crippen molar-refractivity contribution in [2.24, 2.45) is 0 Å². The highest BCUT2D eigenvalue weighted by molar-refractivity contribution is 4.99. The first-order valence-corrected chi connectivity index (χ1v) is 4.67. The maximum absolute atomic E-state index is 8.32. The van der Waals surface area contributed by atoms with E-state index in [1.165, 1.54) is 3.57 Å². The average Bonchev–Trinajstić information content (AvgIpc) is 1.91. The van der Waals surface area contributed by atoms with E-state index in [0.29, 0.717) is 0 Å². The lowest BCUT2D eigenvalue weighted by molar-refractivity contribution is -0.538. The zero-order valence-corrected chi connectivity index (χ0v) is 6.87. The molecule has 0 aliphatic carbocycles. The Morgan fingerprint density at radius 1 is 1.22 bits per heavy atom. The molecule has 0 saturated heterocycles. The van der Waals surface area contributed by atoms with Crippen molar-refractivity contribution in [1.29, 1.82) is 5.26 Å². The number of hydrogen-bond donors (Lipinski definition) is 0. The molecule has 0 radical (unpaired) electrons. The highest BCUT2D eigenvalue weighted by Crippen LogP contribution is 1.81. The zero-order chi connectivity index (χ0) is 6.53. The lowest BCUT2D eigenvalue weighted by Crippen LogP contribution is -3.59. The van der Waals surface area contributed by atoms with Gasteiger partial charge in [0.25, 0.3) is 0 Å². The summed E-state index contributed by atoms with van der Waals surface area (Å²) in [5, 5.41) is 8.32. The Bertz CT molecular complexity index is 212. The zero-order valence-electron chi connectivity index (χ0n) is 4.71. The summed E-state index contributed by atoms with van der Waals surface area (Å²) in [7, 11) is 0. The highest BCUT2D eigenvalue weighted by Gasteiger charge is 2.06. The normalized spacial score (nSPS) is 8.33. The molecule has 0 fully saturated rings. The average molecular weight is 230 g/mol. The van der Waals surface area contributed by atoms with Crippen LogP contribution >= 0.6 is 0 Å². The van der Waals surface area contributed by atoms with Crippen LogP contribution in [0.3, 0.4) is 0 Å². The van der Waals surface area contributed by atoms with E-state index in [1.54, 1.807) is 0 Å². The molecule has 0 bridgehead atoms. The molecular weight excluding hydrogens is 225 g/mol. The van der Waals surface area contributed by atoms with Crippen LogP contribution in [0.1, 0.15) is 0 Å². The van der Waals surface area contributed by atoms with Gasteiger partial charge in [-0.15, -0.1) is 5.26 Å². The Morgan fingerprint density at radius 3 is 2.44 bits per heavy atom. The summed E-state index contributed by atoms with van der Waals surface area (Å²) in [6.07, 6.45) is 0. The Kier molecular flexibility index (Phi) is 2.52. The van der Waals surface area contributed by atoms with Gasteiger partial charge in [-0.1, -0.05) is 18.2 Å². The predicted octanol–water partition coefficient (Wildman–Crippen LogP) is -1.57. The van der Waals surface area contributed by atoms with Crippen molar-refractivity contribution in [2.45, 2.75) is 0 Å². The van der Waals surface area contributed by atoms with E-state index >= 15 is 0 Å². The molecule has 0 heterocycles. The smallest absolute Gasteiger partial charge is 0.139 e. The Morgan fingerprint density at radius 2 is 1.89 bits per heavy atom. The third-order valence-electron chi connectivity index (χ3n) is 0.884. The van der Waals surface area contributed by atoms with E-state index in [0.717, 1.165) is 0 Å². The fraction of sp³-hybridized carbons (Fsp3) is 0.